The molecule has 0 aliphatic carbocycles. The van der Waals surface area contributed by atoms with E-state index in [0.717, 1.165) is 18.2 Å². The Morgan fingerprint density at radius 2 is 1.79 bits per heavy atom. The van der Waals surface area contributed by atoms with Gasteiger partial charge in [0.25, 0.3) is 5.91 Å². The van der Waals surface area contributed by atoms with E-state index in [-0.39, 0.29) is 30.9 Å². The van der Waals surface area contributed by atoms with Gasteiger partial charge in [0, 0.05) is 24.1 Å². The van der Waals surface area contributed by atoms with Gasteiger partial charge in [-0.3, -0.25) is 4.79 Å². The molecule has 3 rings (SSSR count). The van der Waals surface area contributed by atoms with Crippen LogP contribution in [0.25, 0.3) is 11.0 Å². The van der Waals surface area contributed by atoms with Gasteiger partial charge < -0.3 is 19.2 Å². The number of nitrogens with one attached hydrogen (secondary N) is 1. The largest absolute Gasteiger partial charge is 0.450 e. The molecule has 0 spiro atoms. The summed E-state index contributed by atoms with van der Waals surface area (Å²) in [6, 6.07) is 17.3. The Bertz CT molecular complexity index is 964. The van der Waals surface area contributed by atoms with Crippen LogP contribution in [0.4, 0.5) is 0 Å². The molecule has 0 radical (unpaired) electrons. The SMILES string of the molecule is COCc1c(C(=O)OCC(=O)N[C@H](C)CCc2ccccc2)oc2ccccc12. The van der Waals surface area contributed by atoms with E-state index >= 15 is 0 Å². The van der Waals surface area contributed by atoms with Crippen molar-refractivity contribution in [3.05, 3.63) is 71.5 Å². The Hall–Kier alpha value is -3.12. The molecule has 152 valence electrons. The van der Waals surface area contributed by atoms with E-state index in [9.17, 15) is 9.59 Å². The second kappa shape index (κ2) is 9.89. The first kappa shape index (κ1) is 20.6. The first-order valence-corrected chi connectivity index (χ1v) is 9.58. The fourth-order valence-corrected chi connectivity index (χ4v) is 3.16. The number of ether oxygens (including phenoxy) is 2. The molecular formula is C23H25NO5. The van der Waals surface area contributed by atoms with Crippen molar-refractivity contribution in [2.45, 2.75) is 32.4 Å². The van der Waals surface area contributed by atoms with Gasteiger partial charge in [0.1, 0.15) is 5.58 Å². The number of hydrogen-bond acceptors (Lipinski definition) is 5. The van der Waals surface area contributed by atoms with Crippen molar-refractivity contribution in [2.75, 3.05) is 13.7 Å². The molecule has 1 heterocycles. The molecule has 0 aliphatic rings. The van der Waals surface area contributed by atoms with E-state index in [1.807, 2.05) is 43.3 Å². The van der Waals surface area contributed by atoms with Crippen molar-refractivity contribution in [3.63, 3.8) is 0 Å². The molecule has 0 saturated heterocycles. The van der Waals surface area contributed by atoms with Crippen molar-refractivity contribution < 1.29 is 23.5 Å². The lowest BCUT2D eigenvalue weighted by molar-refractivity contribution is -0.124. The molecule has 1 atom stereocenters. The molecule has 0 bridgehead atoms. The number of furan rings is 1. The maximum atomic E-state index is 12.5. The van der Waals surface area contributed by atoms with Gasteiger partial charge in [-0.15, -0.1) is 0 Å². The third-order valence-corrected chi connectivity index (χ3v) is 4.62. The van der Waals surface area contributed by atoms with Gasteiger partial charge in [0.05, 0.1) is 6.61 Å². The smallest absolute Gasteiger partial charge is 0.375 e. The lowest BCUT2D eigenvalue weighted by Gasteiger charge is -2.14. The van der Waals surface area contributed by atoms with Crippen LogP contribution in [0, 0.1) is 0 Å². The summed E-state index contributed by atoms with van der Waals surface area (Å²) in [5.74, 6) is -0.957. The van der Waals surface area contributed by atoms with Crippen LogP contribution < -0.4 is 5.32 Å². The molecule has 6 heteroatoms. The van der Waals surface area contributed by atoms with Gasteiger partial charge in [-0.1, -0.05) is 48.5 Å². The Balaban J connectivity index is 1.53. The number of para-hydroxylation sites is 1. The van der Waals surface area contributed by atoms with Crippen molar-refractivity contribution in [1.82, 2.24) is 5.32 Å². The summed E-state index contributed by atoms with van der Waals surface area (Å²) in [7, 11) is 1.54. The van der Waals surface area contributed by atoms with Gasteiger partial charge in [-0.2, -0.15) is 0 Å². The molecule has 6 nitrogen and oxygen atoms in total. The summed E-state index contributed by atoms with van der Waals surface area (Å²) in [4.78, 5) is 24.6. The summed E-state index contributed by atoms with van der Waals surface area (Å²) in [6.45, 7) is 1.78. The highest BCUT2D eigenvalue weighted by atomic mass is 16.5. The predicted octanol–water partition coefficient (Wildman–Crippen LogP) is 3.87. The second-order valence-electron chi connectivity index (χ2n) is 6.91. The molecule has 1 amide bonds. The molecule has 3 aromatic rings. The summed E-state index contributed by atoms with van der Waals surface area (Å²) in [5.41, 5.74) is 2.41. The first-order valence-electron chi connectivity index (χ1n) is 9.58. The maximum Gasteiger partial charge on any atom is 0.375 e. The lowest BCUT2D eigenvalue weighted by atomic mass is 10.1. The van der Waals surface area contributed by atoms with Gasteiger partial charge in [0.15, 0.2) is 6.61 Å². The molecule has 1 aromatic heterocycles. The number of fused-ring (bicyclic) bond motifs is 1. The highest BCUT2D eigenvalue weighted by Gasteiger charge is 2.22. The van der Waals surface area contributed by atoms with Crippen LogP contribution in [0.5, 0.6) is 0 Å². The predicted molar refractivity (Wildman–Crippen MR) is 110 cm³/mol. The normalized spacial score (nSPS) is 11.9. The van der Waals surface area contributed by atoms with Gasteiger partial charge in [-0.05, 0) is 31.4 Å². The summed E-state index contributed by atoms with van der Waals surface area (Å²) < 4.78 is 16.0. The molecule has 0 aliphatic heterocycles. The van der Waals surface area contributed by atoms with E-state index in [0.29, 0.717) is 11.1 Å². The minimum atomic E-state index is -0.680. The highest BCUT2D eigenvalue weighted by Crippen LogP contribution is 2.27. The van der Waals surface area contributed by atoms with E-state index in [1.165, 1.54) is 5.56 Å². The van der Waals surface area contributed by atoms with Gasteiger partial charge in [-0.25, -0.2) is 4.79 Å². The van der Waals surface area contributed by atoms with Crippen molar-refractivity contribution in [1.29, 1.82) is 0 Å². The number of benzene rings is 2. The molecule has 1 N–H and O–H groups in total. The number of aryl methyl sites for hydroxylation is 1. The zero-order valence-corrected chi connectivity index (χ0v) is 16.6. The number of hydrogen-bond donors (Lipinski definition) is 1. The number of rotatable bonds is 9. The Morgan fingerprint density at radius 3 is 2.55 bits per heavy atom. The summed E-state index contributed by atoms with van der Waals surface area (Å²) >= 11 is 0. The highest BCUT2D eigenvalue weighted by molar-refractivity contribution is 5.96. The zero-order valence-electron chi connectivity index (χ0n) is 16.6. The van der Waals surface area contributed by atoms with Crippen LogP contribution in [-0.4, -0.2) is 31.6 Å². The van der Waals surface area contributed by atoms with E-state index < -0.39 is 5.97 Å². The molecule has 0 fully saturated rings. The fraction of sp³-hybridized carbons (Fsp3) is 0.304. The van der Waals surface area contributed by atoms with E-state index in [4.69, 9.17) is 13.9 Å². The fourth-order valence-electron chi connectivity index (χ4n) is 3.16. The Morgan fingerprint density at radius 1 is 1.07 bits per heavy atom. The van der Waals surface area contributed by atoms with Crippen molar-refractivity contribution >= 4 is 22.8 Å². The standard InChI is InChI=1S/C23H25NO5/c1-16(12-13-17-8-4-3-5-9-17)24-21(25)15-28-23(26)22-19(14-27-2)18-10-6-7-11-20(18)29-22/h3-11,16H,12-15H2,1-2H3,(H,24,25)/t16-/m1/s1. The van der Waals surface area contributed by atoms with Crippen LogP contribution in [-0.2, 0) is 27.3 Å². The third kappa shape index (κ3) is 5.45. The first-order chi connectivity index (χ1) is 14.1. The van der Waals surface area contributed by atoms with Crippen molar-refractivity contribution in [3.8, 4) is 0 Å². The maximum absolute atomic E-state index is 12.5. The monoisotopic (exact) mass is 395 g/mol. The van der Waals surface area contributed by atoms with E-state index in [2.05, 4.69) is 17.4 Å². The topological polar surface area (TPSA) is 77.8 Å². The second-order valence-corrected chi connectivity index (χ2v) is 6.91. The van der Waals surface area contributed by atoms with Gasteiger partial charge in [0.2, 0.25) is 5.76 Å². The number of esters is 1. The zero-order chi connectivity index (χ0) is 20.6. The van der Waals surface area contributed by atoms with Crippen LogP contribution in [0.15, 0.2) is 59.0 Å². The summed E-state index contributed by atoms with van der Waals surface area (Å²) in [6.07, 6.45) is 1.66. The number of carbonyl (C=O) groups is 2. The average molecular weight is 395 g/mol. The van der Waals surface area contributed by atoms with Crippen molar-refractivity contribution in [2.24, 2.45) is 0 Å². The van der Waals surface area contributed by atoms with Crippen LogP contribution in [0.1, 0.15) is 35.0 Å². The quantitative estimate of drug-likeness (QED) is 0.557. The van der Waals surface area contributed by atoms with E-state index in [1.54, 1.807) is 13.2 Å². The molecule has 2 aromatic carbocycles. The Labute approximate surface area is 169 Å². The number of methoxy groups -OCH3 is 1. The minimum absolute atomic E-state index is 0.0309. The lowest BCUT2D eigenvalue weighted by Crippen LogP contribution is -2.36. The summed E-state index contributed by atoms with van der Waals surface area (Å²) in [5, 5.41) is 3.64. The average Bonchev–Trinajstić information content (AvgIpc) is 3.10. The molecule has 0 saturated carbocycles. The third-order valence-electron chi connectivity index (χ3n) is 4.62. The van der Waals surface area contributed by atoms with Crippen LogP contribution in [0.3, 0.4) is 0 Å². The Kier molecular flexibility index (Phi) is 7.03. The molecular weight excluding hydrogens is 370 g/mol. The van der Waals surface area contributed by atoms with Crippen LogP contribution >= 0.6 is 0 Å². The number of amides is 1. The van der Waals surface area contributed by atoms with Gasteiger partial charge >= 0.3 is 5.97 Å². The molecule has 0 unspecified atom stereocenters. The number of carbonyl (C=O) groups excluding carboxylic acids is 2. The molecule has 29 heavy (non-hydrogen) atoms. The van der Waals surface area contributed by atoms with Crippen LogP contribution in [0.2, 0.25) is 0 Å². The minimum Gasteiger partial charge on any atom is -0.450 e.